The van der Waals surface area contributed by atoms with Crippen molar-refractivity contribution in [2.45, 2.75) is 38.2 Å². The number of fused-ring (bicyclic) bond motifs is 1. The summed E-state index contributed by atoms with van der Waals surface area (Å²) < 4.78 is 24.9. The van der Waals surface area contributed by atoms with Crippen molar-refractivity contribution in [3.63, 3.8) is 0 Å². The van der Waals surface area contributed by atoms with Crippen LogP contribution in [0.4, 0.5) is 10.1 Å². The van der Waals surface area contributed by atoms with Crippen LogP contribution >= 0.6 is 0 Å². The van der Waals surface area contributed by atoms with Crippen molar-refractivity contribution >= 4 is 22.5 Å². The van der Waals surface area contributed by atoms with Gasteiger partial charge >= 0.3 is 0 Å². The number of nitrogens with one attached hydrogen (secondary N) is 1. The predicted molar refractivity (Wildman–Crippen MR) is 114 cm³/mol. The topological polar surface area (TPSA) is 60.5 Å². The van der Waals surface area contributed by atoms with Crippen molar-refractivity contribution < 1.29 is 18.7 Å². The van der Waals surface area contributed by atoms with Gasteiger partial charge in [0.2, 0.25) is 5.91 Å². The quantitative estimate of drug-likeness (QED) is 0.656. The largest absolute Gasteiger partial charge is 0.489 e. The zero-order valence-corrected chi connectivity index (χ0v) is 17.2. The molecule has 1 fully saturated rings. The van der Waals surface area contributed by atoms with E-state index in [1.54, 1.807) is 18.3 Å². The average molecular weight is 408 g/mol. The number of carbonyl (C=O) groups is 1. The van der Waals surface area contributed by atoms with Gasteiger partial charge in [-0.2, -0.15) is 0 Å². The Labute approximate surface area is 175 Å². The van der Waals surface area contributed by atoms with E-state index in [-0.39, 0.29) is 17.8 Å². The summed E-state index contributed by atoms with van der Waals surface area (Å²) in [6.07, 6.45) is 2.80. The first-order valence-corrected chi connectivity index (χ1v) is 10.2. The number of anilines is 1. The van der Waals surface area contributed by atoms with Crippen LogP contribution in [0, 0.1) is 5.82 Å². The minimum absolute atomic E-state index is 0.0135. The lowest BCUT2D eigenvalue weighted by atomic mass is 9.73. The van der Waals surface area contributed by atoms with E-state index in [0.29, 0.717) is 43.0 Å². The second-order valence-corrected chi connectivity index (χ2v) is 7.83. The Morgan fingerprint density at radius 3 is 2.57 bits per heavy atom. The molecule has 1 amide bonds. The van der Waals surface area contributed by atoms with Gasteiger partial charge < -0.3 is 14.8 Å². The van der Waals surface area contributed by atoms with Crippen LogP contribution in [0.1, 0.15) is 32.3 Å². The van der Waals surface area contributed by atoms with Crippen molar-refractivity contribution in [1.82, 2.24) is 4.98 Å². The van der Waals surface area contributed by atoms with Gasteiger partial charge in [-0.25, -0.2) is 4.39 Å². The summed E-state index contributed by atoms with van der Waals surface area (Å²) in [5.74, 6) is 0.233. The Hall–Kier alpha value is -2.99. The van der Waals surface area contributed by atoms with Gasteiger partial charge in [0, 0.05) is 24.8 Å². The lowest BCUT2D eigenvalue weighted by Crippen LogP contribution is -2.44. The fourth-order valence-corrected chi connectivity index (χ4v) is 3.98. The summed E-state index contributed by atoms with van der Waals surface area (Å²) in [4.78, 5) is 18.0. The third kappa shape index (κ3) is 3.87. The first-order valence-electron chi connectivity index (χ1n) is 10.2. The van der Waals surface area contributed by atoms with Gasteiger partial charge in [0.1, 0.15) is 17.1 Å². The van der Waals surface area contributed by atoms with E-state index in [2.05, 4.69) is 10.3 Å². The van der Waals surface area contributed by atoms with Gasteiger partial charge in [0.05, 0.1) is 17.2 Å². The van der Waals surface area contributed by atoms with Gasteiger partial charge in [0.25, 0.3) is 0 Å². The number of amides is 1. The fraction of sp³-hybridized carbons (Fsp3) is 0.333. The second-order valence-electron chi connectivity index (χ2n) is 7.83. The molecule has 1 aromatic heterocycles. The molecule has 1 aliphatic rings. The summed E-state index contributed by atoms with van der Waals surface area (Å²) in [6.45, 7) is 4.88. The van der Waals surface area contributed by atoms with Crippen LogP contribution in [0.15, 0.2) is 54.7 Å². The van der Waals surface area contributed by atoms with Crippen molar-refractivity contribution in [3.05, 3.63) is 66.1 Å². The molecule has 1 aliphatic heterocycles. The average Bonchev–Trinajstić information content (AvgIpc) is 2.76. The fourth-order valence-electron chi connectivity index (χ4n) is 3.98. The molecule has 6 heteroatoms. The third-order valence-electron chi connectivity index (χ3n) is 5.52. The van der Waals surface area contributed by atoms with Crippen LogP contribution in [0.3, 0.4) is 0 Å². The highest BCUT2D eigenvalue weighted by Gasteiger charge is 2.42. The van der Waals surface area contributed by atoms with Crippen molar-refractivity contribution in [3.8, 4) is 5.75 Å². The highest BCUT2D eigenvalue weighted by molar-refractivity contribution is 6.06. The normalized spacial score (nSPS) is 15.9. The molecule has 1 saturated heterocycles. The molecule has 3 aromatic rings. The summed E-state index contributed by atoms with van der Waals surface area (Å²) in [6, 6.07) is 13.6. The van der Waals surface area contributed by atoms with Gasteiger partial charge in [0.15, 0.2) is 0 Å². The number of carbonyl (C=O) groups excluding carboxylic acids is 1. The lowest BCUT2D eigenvalue weighted by Gasteiger charge is -2.36. The Kier molecular flexibility index (Phi) is 5.68. The Morgan fingerprint density at radius 1 is 1.13 bits per heavy atom. The van der Waals surface area contributed by atoms with Crippen LogP contribution in [-0.2, 0) is 14.9 Å². The van der Waals surface area contributed by atoms with Gasteiger partial charge in [-0.1, -0.05) is 12.1 Å². The molecule has 0 atom stereocenters. The van der Waals surface area contributed by atoms with E-state index in [0.717, 1.165) is 10.9 Å². The molecule has 1 N–H and O–H groups in total. The van der Waals surface area contributed by atoms with Crippen molar-refractivity contribution in [1.29, 1.82) is 0 Å². The molecule has 0 spiro atoms. The van der Waals surface area contributed by atoms with E-state index < -0.39 is 5.41 Å². The zero-order chi connectivity index (χ0) is 21.1. The molecule has 0 aliphatic carbocycles. The number of pyridine rings is 1. The van der Waals surface area contributed by atoms with Crippen LogP contribution in [0.5, 0.6) is 5.75 Å². The maximum absolute atomic E-state index is 13.6. The van der Waals surface area contributed by atoms with Gasteiger partial charge in [-0.15, -0.1) is 0 Å². The number of benzene rings is 2. The van der Waals surface area contributed by atoms with Crippen LogP contribution in [-0.4, -0.2) is 30.2 Å². The summed E-state index contributed by atoms with van der Waals surface area (Å²) in [5.41, 5.74) is 1.40. The van der Waals surface area contributed by atoms with E-state index in [9.17, 15) is 9.18 Å². The first-order chi connectivity index (χ1) is 14.5. The molecule has 0 radical (unpaired) electrons. The number of halogens is 1. The maximum Gasteiger partial charge on any atom is 0.235 e. The highest BCUT2D eigenvalue weighted by atomic mass is 19.1. The molecular formula is C24H25FN2O3. The third-order valence-corrected chi connectivity index (χ3v) is 5.52. The van der Waals surface area contributed by atoms with Crippen molar-refractivity contribution in [2.24, 2.45) is 0 Å². The molecule has 5 nitrogen and oxygen atoms in total. The Bertz CT molecular complexity index is 1040. The molecular weight excluding hydrogens is 383 g/mol. The molecule has 2 heterocycles. The first kappa shape index (κ1) is 20.3. The number of ether oxygens (including phenoxy) is 2. The highest BCUT2D eigenvalue weighted by Crippen LogP contribution is 2.38. The second kappa shape index (κ2) is 8.40. The maximum atomic E-state index is 13.6. The Balaban J connectivity index is 1.71. The summed E-state index contributed by atoms with van der Waals surface area (Å²) in [7, 11) is 0. The molecule has 0 bridgehead atoms. The minimum atomic E-state index is -0.770. The SMILES string of the molecule is CC(C)Oc1ccc(NC(=O)C2(c3ccc(F)cc3)CCOCC2)c2cccnc12. The van der Waals surface area contributed by atoms with Crippen LogP contribution < -0.4 is 10.1 Å². The van der Waals surface area contributed by atoms with Crippen LogP contribution in [0.25, 0.3) is 10.9 Å². The number of rotatable bonds is 5. The summed E-state index contributed by atoms with van der Waals surface area (Å²) in [5, 5.41) is 3.92. The van der Waals surface area contributed by atoms with E-state index in [4.69, 9.17) is 9.47 Å². The molecule has 4 rings (SSSR count). The van der Waals surface area contributed by atoms with E-state index in [1.807, 2.05) is 38.1 Å². The number of aromatic nitrogens is 1. The number of nitrogens with zero attached hydrogens (tertiary/aromatic N) is 1. The number of hydrogen-bond donors (Lipinski definition) is 1. The standard InChI is InChI=1S/C24H25FN2O3/c1-16(2)30-21-10-9-20(19-4-3-13-26-22(19)21)27-23(28)24(11-14-29-15-12-24)17-5-7-18(25)8-6-17/h3-10,13,16H,11-12,14-15H2,1-2H3,(H,27,28). The lowest BCUT2D eigenvalue weighted by molar-refractivity contribution is -0.125. The van der Waals surface area contributed by atoms with Crippen LogP contribution in [0.2, 0.25) is 0 Å². The Morgan fingerprint density at radius 2 is 1.87 bits per heavy atom. The molecule has 156 valence electrons. The smallest absolute Gasteiger partial charge is 0.235 e. The molecule has 30 heavy (non-hydrogen) atoms. The summed E-state index contributed by atoms with van der Waals surface area (Å²) >= 11 is 0. The predicted octanol–water partition coefficient (Wildman–Crippen LogP) is 4.85. The minimum Gasteiger partial charge on any atom is -0.489 e. The number of hydrogen-bond acceptors (Lipinski definition) is 4. The van der Waals surface area contributed by atoms with Gasteiger partial charge in [-0.3, -0.25) is 9.78 Å². The zero-order valence-electron chi connectivity index (χ0n) is 17.2. The van der Waals surface area contributed by atoms with E-state index >= 15 is 0 Å². The monoisotopic (exact) mass is 408 g/mol. The molecule has 0 saturated carbocycles. The van der Waals surface area contributed by atoms with E-state index in [1.165, 1.54) is 12.1 Å². The molecule has 0 unspecified atom stereocenters. The van der Waals surface area contributed by atoms with Gasteiger partial charge in [-0.05, 0) is 68.7 Å². The molecule has 2 aromatic carbocycles. The van der Waals surface area contributed by atoms with Crippen molar-refractivity contribution in [2.75, 3.05) is 18.5 Å².